The largest absolute Gasteiger partial charge is 0.374 e. The van der Waals surface area contributed by atoms with Crippen molar-refractivity contribution >= 4 is 68.2 Å². The van der Waals surface area contributed by atoms with E-state index in [0.29, 0.717) is 41.6 Å². The van der Waals surface area contributed by atoms with E-state index in [0.717, 1.165) is 93.3 Å². The van der Waals surface area contributed by atoms with Gasteiger partial charge in [0.1, 0.15) is 17.1 Å². The predicted molar refractivity (Wildman–Crippen MR) is 233 cm³/mol. The molecule has 0 unspecified atom stereocenters. The van der Waals surface area contributed by atoms with Gasteiger partial charge in [-0.3, -0.25) is 34.1 Å². The smallest absolute Gasteiger partial charge is 0.284 e. The molecule has 6 aromatic rings. The molecule has 8 heterocycles. The van der Waals surface area contributed by atoms with Crippen LogP contribution >= 0.6 is 0 Å². The van der Waals surface area contributed by atoms with Crippen LogP contribution in [0.25, 0.3) is 27.4 Å². The van der Waals surface area contributed by atoms with E-state index in [4.69, 9.17) is 14.2 Å². The first kappa shape index (κ1) is 41.3. The lowest BCUT2D eigenvalue weighted by atomic mass is 9.85. The summed E-state index contributed by atoms with van der Waals surface area (Å²) >= 11 is 0. The molecular weight excluding hydrogens is 843 g/mol. The number of benzene rings is 2. The number of hydrogen-bond donors (Lipinski definition) is 3. The number of carbonyl (C=O) groups is 4. The Hall–Kier alpha value is -6.38. The second-order valence-electron chi connectivity index (χ2n) is 18.0. The number of rotatable bonds is 11. The molecule has 18 nitrogen and oxygen atoms in total. The normalized spacial score (nSPS) is 24.2. The molecule has 4 aromatic heterocycles. The Balaban J connectivity index is 0.655. The quantitative estimate of drug-likeness (QED) is 0.149. The maximum absolute atomic E-state index is 14.3. The van der Waals surface area contributed by atoms with Crippen LogP contribution in [0.3, 0.4) is 0 Å². The van der Waals surface area contributed by atoms with Crippen LogP contribution in [0.1, 0.15) is 85.1 Å². The summed E-state index contributed by atoms with van der Waals surface area (Å²) in [4.78, 5) is 62.6. The van der Waals surface area contributed by atoms with E-state index in [2.05, 4.69) is 46.0 Å². The molecule has 2 bridgehead atoms. The molecule has 338 valence electrons. The molecule has 0 spiro atoms. The molecule has 65 heavy (non-hydrogen) atoms. The van der Waals surface area contributed by atoms with Crippen molar-refractivity contribution in [1.82, 2.24) is 44.7 Å². The Morgan fingerprint density at radius 2 is 1.78 bits per heavy atom. The molecule has 0 radical (unpaired) electrons. The molecule has 4 saturated heterocycles. The average Bonchev–Trinajstić information content (AvgIpc) is 4.16. The predicted octanol–water partition coefficient (Wildman–Crippen LogP) is 4.90. The maximum Gasteiger partial charge on any atom is 0.284 e. The second kappa shape index (κ2) is 16.9. The van der Waals surface area contributed by atoms with Crippen molar-refractivity contribution in [2.24, 2.45) is 5.92 Å². The first-order chi connectivity index (χ1) is 31.6. The van der Waals surface area contributed by atoms with Crippen LogP contribution in [0.15, 0.2) is 59.5 Å². The molecule has 4 amide bonds. The summed E-state index contributed by atoms with van der Waals surface area (Å²) in [6.45, 7) is 5.76. The van der Waals surface area contributed by atoms with Crippen LogP contribution in [0.2, 0.25) is 0 Å². The minimum absolute atomic E-state index is 0.0172. The van der Waals surface area contributed by atoms with Gasteiger partial charge in [-0.1, -0.05) is 17.3 Å². The SMILES string of the molecule is O=C1CC[C@H](c2noc3ccc4cc(NC(=O)CN5CCN(CC6CCC(n7cc(NC(=O)c8cnn9ccc(N%10C[C@H]%11C[C@@H]%10CO%11)nc89)c(C(F)F)n7)CC6)CC5)ccc4c23)C(=O)N1. The molecule has 5 aliphatic rings. The van der Waals surface area contributed by atoms with Crippen LogP contribution in [0.5, 0.6) is 0 Å². The molecule has 4 aliphatic heterocycles. The summed E-state index contributed by atoms with van der Waals surface area (Å²) in [5.41, 5.74) is 1.77. The van der Waals surface area contributed by atoms with Gasteiger partial charge in [-0.25, -0.2) is 18.3 Å². The fourth-order valence-corrected chi connectivity index (χ4v) is 10.5. The lowest BCUT2D eigenvalue weighted by Gasteiger charge is -2.38. The first-order valence-corrected chi connectivity index (χ1v) is 22.4. The fourth-order valence-electron chi connectivity index (χ4n) is 10.5. The second-order valence-corrected chi connectivity index (χ2v) is 18.0. The maximum atomic E-state index is 14.3. The number of alkyl halides is 2. The number of carbonyl (C=O) groups excluding carboxylic acids is 4. The molecule has 3 N–H and O–H groups in total. The van der Waals surface area contributed by atoms with E-state index in [1.165, 1.54) is 16.9 Å². The zero-order valence-electron chi connectivity index (χ0n) is 35.5. The van der Waals surface area contributed by atoms with Crippen molar-refractivity contribution in [3.8, 4) is 0 Å². The third-order valence-corrected chi connectivity index (χ3v) is 13.9. The first-order valence-electron chi connectivity index (χ1n) is 22.4. The van der Waals surface area contributed by atoms with Gasteiger partial charge in [-0.2, -0.15) is 10.2 Å². The van der Waals surface area contributed by atoms with E-state index in [-0.39, 0.29) is 60.1 Å². The van der Waals surface area contributed by atoms with Gasteiger partial charge in [0.25, 0.3) is 12.3 Å². The van der Waals surface area contributed by atoms with Gasteiger partial charge in [0.05, 0.1) is 54.5 Å². The van der Waals surface area contributed by atoms with Gasteiger partial charge < -0.3 is 29.7 Å². The third-order valence-electron chi connectivity index (χ3n) is 13.9. The molecule has 20 heteroatoms. The average molecular weight is 891 g/mol. The Kier molecular flexibility index (Phi) is 10.7. The highest BCUT2D eigenvalue weighted by Gasteiger charge is 2.40. The number of nitrogens with zero attached hydrogens (tertiary/aromatic N) is 9. The highest BCUT2D eigenvalue weighted by atomic mass is 19.3. The van der Waals surface area contributed by atoms with Crippen molar-refractivity contribution in [3.05, 3.63) is 71.9 Å². The summed E-state index contributed by atoms with van der Waals surface area (Å²) in [6.07, 6.45) is 6.94. The van der Waals surface area contributed by atoms with E-state index < -0.39 is 23.9 Å². The van der Waals surface area contributed by atoms with Crippen LogP contribution in [0.4, 0.5) is 26.0 Å². The Morgan fingerprint density at radius 1 is 0.954 bits per heavy atom. The van der Waals surface area contributed by atoms with Gasteiger partial charge in [0.15, 0.2) is 16.9 Å². The third kappa shape index (κ3) is 8.07. The summed E-state index contributed by atoms with van der Waals surface area (Å²) in [5.74, 6) is -0.759. The highest BCUT2D eigenvalue weighted by Crippen LogP contribution is 2.38. The molecular formula is C45H48F2N12O6. The number of anilines is 3. The number of piperidine rings is 1. The summed E-state index contributed by atoms with van der Waals surface area (Å²) in [5, 5.41) is 23.3. The number of fused-ring (bicyclic) bond motifs is 6. The van der Waals surface area contributed by atoms with Crippen LogP contribution < -0.4 is 20.9 Å². The number of aromatic nitrogens is 6. The van der Waals surface area contributed by atoms with E-state index in [1.54, 1.807) is 16.9 Å². The van der Waals surface area contributed by atoms with Gasteiger partial charge in [0.2, 0.25) is 17.7 Å². The number of morpholine rings is 1. The monoisotopic (exact) mass is 890 g/mol. The van der Waals surface area contributed by atoms with E-state index in [9.17, 15) is 28.0 Å². The van der Waals surface area contributed by atoms with Gasteiger partial charge >= 0.3 is 0 Å². The zero-order chi connectivity index (χ0) is 44.3. The lowest BCUT2D eigenvalue weighted by molar-refractivity contribution is -0.134. The number of halogens is 2. The van der Waals surface area contributed by atoms with Crippen molar-refractivity contribution in [2.75, 3.05) is 68.0 Å². The van der Waals surface area contributed by atoms with Crippen molar-refractivity contribution in [2.45, 2.75) is 75.5 Å². The summed E-state index contributed by atoms with van der Waals surface area (Å²) in [7, 11) is 0. The number of hydrogen-bond acceptors (Lipinski definition) is 13. The van der Waals surface area contributed by atoms with Crippen LogP contribution in [-0.2, 0) is 19.1 Å². The topological polar surface area (TPSA) is 197 Å². The van der Waals surface area contributed by atoms with E-state index in [1.807, 2.05) is 30.3 Å². The van der Waals surface area contributed by atoms with Crippen LogP contribution in [-0.4, -0.2) is 128 Å². The molecule has 1 saturated carbocycles. The molecule has 2 aromatic carbocycles. The highest BCUT2D eigenvalue weighted by molar-refractivity contribution is 6.11. The Morgan fingerprint density at radius 3 is 2.55 bits per heavy atom. The molecule has 5 fully saturated rings. The molecule has 3 atom stereocenters. The summed E-state index contributed by atoms with van der Waals surface area (Å²) in [6, 6.07) is 11.3. The number of ether oxygens (including phenoxy) is 1. The van der Waals surface area contributed by atoms with E-state index >= 15 is 0 Å². The van der Waals surface area contributed by atoms with Gasteiger partial charge in [0, 0.05) is 63.8 Å². The minimum Gasteiger partial charge on any atom is -0.374 e. The minimum atomic E-state index is -2.87. The lowest BCUT2D eigenvalue weighted by Crippen LogP contribution is -2.49. The molecule has 11 rings (SSSR count). The standard InChI is InChI=1S/C45H48F2N12O6/c46-42(47)41-34(50-45(63)33-19-48-58-12-11-36(51-43(33)58)57-21-30-18-29(57)24-64-30)22-59(53-41)28-5-1-25(2-6-28)20-55-13-15-56(16-14-55)23-38(61)49-27-4-7-31-26(17-27)3-9-35-39(31)40(54-65-35)32-8-10-37(60)52-44(32)62/h3-4,7,9,11-12,17,19,22,25,28-30,32,42H,1-2,5-6,8,10,13-16,18,20-21,23-24H2,(H,49,61)(H,50,63)(H,52,60,62)/t25?,28?,29-,30-,32-/m1/s1. The van der Waals surface area contributed by atoms with Crippen molar-refractivity contribution in [3.63, 3.8) is 0 Å². The van der Waals surface area contributed by atoms with Crippen LogP contribution in [0, 0.1) is 5.92 Å². The van der Waals surface area contributed by atoms with Gasteiger partial charge in [-0.05, 0) is 79.5 Å². The summed E-state index contributed by atoms with van der Waals surface area (Å²) < 4.78 is 43.0. The van der Waals surface area contributed by atoms with Crippen molar-refractivity contribution in [1.29, 1.82) is 0 Å². The number of nitrogens with one attached hydrogen (secondary N) is 3. The fraction of sp³-hybridized carbons (Fsp3) is 0.467. The Labute approximate surface area is 370 Å². The number of piperazine rings is 1. The zero-order valence-corrected chi connectivity index (χ0v) is 35.5. The number of amides is 4. The Bertz CT molecular complexity index is 2830. The molecule has 1 aliphatic carbocycles. The van der Waals surface area contributed by atoms with Gasteiger partial charge in [-0.15, -0.1) is 0 Å². The number of imide groups is 1. The van der Waals surface area contributed by atoms with Crippen molar-refractivity contribution < 1.29 is 37.2 Å².